The Hall–Kier alpha value is -0.120. The van der Waals surface area contributed by atoms with E-state index >= 15 is 0 Å². The van der Waals surface area contributed by atoms with E-state index in [0.29, 0.717) is 12.6 Å². The molecule has 0 saturated heterocycles. The average Bonchev–Trinajstić information content (AvgIpc) is 2.20. The Labute approximate surface area is 86.5 Å². The van der Waals surface area contributed by atoms with Gasteiger partial charge < -0.3 is 15.5 Å². The summed E-state index contributed by atoms with van der Waals surface area (Å²) in [4.78, 5) is 0. The van der Waals surface area contributed by atoms with Gasteiger partial charge in [0.05, 0.1) is 6.10 Å². The van der Waals surface area contributed by atoms with E-state index < -0.39 is 0 Å². The summed E-state index contributed by atoms with van der Waals surface area (Å²) in [5.41, 5.74) is 0. The van der Waals surface area contributed by atoms with Crippen LogP contribution in [0.25, 0.3) is 0 Å². The summed E-state index contributed by atoms with van der Waals surface area (Å²) in [5.74, 6) is 0. The van der Waals surface area contributed by atoms with Crippen LogP contribution in [0, 0.1) is 0 Å². The highest BCUT2D eigenvalue weighted by Gasteiger charge is 2.21. The monoisotopic (exact) mass is 201 g/mol. The van der Waals surface area contributed by atoms with Crippen molar-refractivity contribution in [3.8, 4) is 0 Å². The Balaban J connectivity index is 1.99. The summed E-state index contributed by atoms with van der Waals surface area (Å²) < 4.78 is 0. The van der Waals surface area contributed by atoms with Crippen molar-refractivity contribution in [2.75, 3.05) is 13.2 Å². The number of aliphatic hydroxyl groups is 2. The van der Waals surface area contributed by atoms with E-state index in [0.717, 1.165) is 38.6 Å². The van der Waals surface area contributed by atoms with E-state index in [1.165, 1.54) is 12.8 Å². The van der Waals surface area contributed by atoms with Crippen molar-refractivity contribution >= 4 is 0 Å². The lowest BCUT2D eigenvalue weighted by Crippen LogP contribution is -2.42. The van der Waals surface area contributed by atoms with Gasteiger partial charge in [0.15, 0.2) is 0 Å². The van der Waals surface area contributed by atoms with Crippen LogP contribution in [-0.4, -0.2) is 35.5 Å². The van der Waals surface area contributed by atoms with Gasteiger partial charge in [-0.15, -0.1) is 0 Å². The summed E-state index contributed by atoms with van der Waals surface area (Å²) >= 11 is 0. The van der Waals surface area contributed by atoms with Gasteiger partial charge in [-0.3, -0.25) is 0 Å². The molecule has 1 aliphatic carbocycles. The Morgan fingerprint density at radius 3 is 2.57 bits per heavy atom. The largest absolute Gasteiger partial charge is 0.396 e. The molecular weight excluding hydrogens is 178 g/mol. The summed E-state index contributed by atoms with van der Waals surface area (Å²) in [6.07, 6.45) is 7.41. The standard InChI is InChI=1S/C11H23NO2/c13-9-5-1-4-8-12-10-6-2-3-7-11(10)14/h10-14H,1-9H2. The molecule has 0 spiro atoms. The van der Waals surface area contributed by atoms with E-state index in [2.05, 4.69) is 5.32 Å². The fourth-order valence-electron chi connectivity index (χ4n) is 2.05. The molecule has 2 atom stereocenters. The Morgan fingerprint density at radius 1 is 1.07 bits per heavy atom. The molecule has 0 amide bonds. The number of unbranched alkanes of at least 4 members (excludes halogenated alkanes) is 2. The lowest BCUT2D eigenvalue weighted by molar-refractivity contribution is 0.0909. The van der Waals surface area contributed by atoms with Crippen molar-refractivity contribution in [1.82, 2.24) is 5.32 Å². The first kappa shape index (κ1) is 12.0. The molecule has 0 aliphatic heterocycles. The van der Waals surface area contributed by atoms with Gasteiger partial charge in [-0.25, -0.2) is 0 Å². The molecular formula is C11H23NO2. The van der Waals surface area contributed by atoms with Gasteiger partial charge in [0.25, 0.3) is 0 Å². The zero-order valence-electron chi connectivity index (χ0n) is 8.91. The first-order valence-electron chi connectivity index (χ1n) is 5.87. The molecule has 3 N–H and O–H groups in total. The molecule has 0 aromatic carbocycles. The van der Waals surface area contributed by atoms with Crippen LogP contribution in [-0.2, 0) is 0 Å². The third-order valence-electron chi connectivity index (χ3n) is 2.97. The summed E-state index contributed by atoms with van der Waals surface area (Å²) in [7, 11) is 0. The SMILES string of the molecule is OCCCCCNC1CCCCC1O. The molecule has 1 saturated carbocycles. The molecule has 1 fully saturated rings. The van der Waals surface area contributed by atoms with Gasteiger partial charge in [0, 0.05) is 12.6 Å². The van der Waals surface area contributed by atoms with Crippen LogP contribution in [0.2, 0.25) is 0 Å². The van der Waals surface area contributed by atoms with E-state index in [9.17, 15) is 5.11 Å². The highest BCUT2D eigenvalue weighted by Crippen LogP contribution is 2.18. The predicted molar refractivity (Wildman–Crippen MR) is 57.2 cm³/mol. The van der Waals surface area contributed by atoms with Crippen molar-refractivity contribution in [3.63, 3.8) is 0 Å². The second-order valence-corrected chi connectivity index (χ2v) is 4.20. The van der Waals surface area contributed by atoms with Crippen molar-refractivity contribution < 1.29 is 10.2 Å². The van der Waals surface area contributed by atoms with Crippen LogP contribution in [0.4, 0.5) is 0 Å². The predicted octanol–water partition coefficient (Wildman–Crippen LogP) is 1.04. The van der Waals surface area contributed by atoms with Gasteiger partial charge in [0.2, 0.25) is 0 Å². The summed E-state index contributed by atoms with van der Waals surface area (Å²) in [6, 6.07) is 0.317. The van der Waals surface area contributed by atoms with Gasteiger partial charge in [0.1, 0.15) is 0 Å². The highest BCUT2D eigenvalue weighted by molar-refractivity contribution is 4.79. The first-order chi connectivity index (χ1) is 6.84. The number of aliphatic hydroxyl groups excluding tert-OH is 2. The number of hydrogen-bond acceptors (Lipinski definition) is 3. The van der Waals surface area contributed by atoms with Crippen molar-refractivity contribution in [1.29, 1.82) is 0 Å². The van der Waals surface area contributed by atoms with Gasteiger partial charge in [-0.05, 0) is 38.6 Å². The molecule has 0 heterocycles. The molecule has 1 aliphatic rings. The summed E-state index contributed by atoms with van der Waals surface area (Å²) in [5, 5.41) is 21.7. The normalized spacial score (nSPS) is 27.9. The third-order valence-corrected chi connectivity index (χ3v) is 2.97. The minimum absolute atomic E-state index is 0.137. The molecule has 1 rings (SSSR count). The molecule has 0 aromatic heterocycles. The van der Waals surface area contributed by atoms with Crippen molar-refractivity contribution in [2.45, 2.75) is 57.1 Å². The Kier molecular flexibility index (Phi) is 6.15. The van der Waals surface area contributed by atoms with E-state index in [4.69, 9.17) is 5.11 Å². The fraction of sp³-hybridized carbons (Fsp3) is 1.00. The molecule has 0 bridgehead atoms. The number of nitrogens with one attached hydrogen (secondary N) is 1. The zero-order valence-corrected chi connectivity index (χ0v) is 8.91. The van der Waals surface area contributed by atoms with E-state index in [1.54, 1.807) is 0 Å². The molecule has 3 heteroatoms. The molecule has 14 heavy (non-hydrogen) atoms. The molecule has 0 radical (unpaired) electrons. The lowest BCUT2D eigenvalue weighted by atomic mass is 9.92. The number of rotatable bonds is 6. The maximum atomic E-state index is 9.67. The minimum Gasteiger partial charge on any atom is -0.396 e. The fourth-order valence-corrected chi connectivity index (χ4v) is 2.05. The van der Waals surface area contributed by atoms with E-state index in [-0.39, 0.29) is 6.10 Å². The van der Waals surface area contributed by atoms with Crippen LogP contribution in [0.3, 0.4) is 0 Å². The lowest BCUT2D eigenvalue weighted by Gasteiger charge is -2.28. The minimum atomic E-state index is -0.137. The molecule has 84 valence electrons. The maximum absolute atomic E-state index is 9.67. The van der Waals surface area contributed by atoms with Crippen LogP contribution in [0.1, 0.15) is 44.9 Å². The van der Waals surface area contributed by atoms with E-state index in [1.807, 2.05) is 0 Å². The van der Waals surface area contributed by atoms with Crippen molar-refractivity contribution in [2.24, 2.45) is 0 Å². The zero-order chi connectivity index (χ0) is 10.2. The average molecular weight is 201 g/mol. The van der Waals surface area contributed by atoms with Crippen LogP contribution >= 0.6 is 0 Å². The van der Waals surface area contributed by atoms with Gasteiger partial charge in [-0.2, -0.15) is 0 Å². The quantitative estimate of drug-likeness (QED) is 0.563. The molecule has 3 nitrogen and oxygen atoms in total. The maximum Gasteiger partial charge on any atom is 0.0693 e. The highest BCUT2D eigenvalue weighted by atomic mass is 16.3. The third kappa shape index (κ3) is 4.40. The van der Waals surface area contributed by atoms with Gasteiger partial charge in [-0.1, -0.05) is 12.8 Å². The molecule has 2 unspecified atom stereocenters. The van der Waals surface area contributed by atoms with Crippen LogP contribution < -0.4 is 5.32 Å². The molecule has 0 aromatic rings. The van der Waals surface area contributed by atoms with Crippen molar-refractivity contribution in [3.05, 3.63) is 0 Å². The van der Waals surface area contributed by atoms with Crippen LogP contribution in [0.5, 0.6) is 0 Å². The van der Waals surface area contributed by atoms with Gasteiger partial charge >= 0.3 is 0 Å². The van der Waals surface area contributed by atoms with Crippen LogP contribution in [0.15, 0.2) is 0 Å². The topological polar surface area (TPSA) is 52.5 Å². The summed E-state index contributed by atoms with van der Waals surface area (Å²) in [6.45, 7) is 1.27. The second kappa shape index (κ2) is 7.21. The smallest absolute Gasteiger partial charge is 0.0693 e. The Morgan fingerprint density at radius 2 is 1.86 bits per heavy atom. The first-order valence-corrected chi connectivity index (χ1v) is 5.87. The Bertz CT molecular complexity index is 141. The second-order valence-electron chi connectivity index (χ2n) is 4.20. The number of hydrogen-bond donors (Lipinski definition) is 3.